The number of benzene rings is 1. The molecular weight excluding hydrogens is 262 g/mol. The van der Waals surface area contributed by atoms with Crippen molar-refractivity contribution in [1.82, 2.24) is 4.90 Å². The molecule has 6 heteroatoms. The highest BCUT2D eigenvalue weighted by atomic mass is 16.5. The van der Waals surface area contributed by atoms with Gasteiger partial charge in [0.2, 0.25) is 0 Å². The molecular formula is C14H19NO5. The fraction of sp³-hybridized carbons (Fsp3) is 0.429. The Labute approximate surface area is 117 Å². The number of carboxylic acid groups (broad SMARTS) is 1. The smallest absolute Gasteiger partial charge is 0.305 e. The number of carbonyl (C=O) groups is 2. The molecule has 0 atom stereocenters. The minimum atomic E-state index is -0.929. The first-order valence-electron chi connectivity index (χ1n) is 6.23. The molecule has 0 heterocycles. The summed E-state index contributed by atoms with van der Waals surface area (Å²) in [6.45, 7) is 1.04. The Bertz CT molecular complexity index is 461. The van der Waals surface area contributed by atoms with Gasteiger partial charge in [0, 0.05) is 26.3 Å². The lowest BCUT2D eigenvalue weighted by Gasteiger charge is -2.16. The number of nitrogens with zero attached hydrogens (tertiary/aromatic N) is 1. The molecule has 0 fully saturated rings. The van der Waals surface area contributed by atoms with Crippen LogP contribution in [0, 0.1) is 0 Å². The zero-order valence-corrected chi connectivity index (χ0v) is 11.7. The zero-order chi connectivity index (χ0) is 15.0. The van der Waals surface area contributed by atoms with Crippen LogP contribution in [0.15, 0.2) is 24.3 Å². The lowest BCUT2D eigenvalue weighted by molar-refractivity contribution is -0.137. The number of hydrogen-bond donors (Lipinski definition) is 1. The molecule has 1 aromatic rings. The first kappa shape index (κ1) is 16.0. The number of hydrogen-bond acceptors (Lipinski definition) is 4. The lowest BCUT2D eigenvalue weighted by atomic mass is 10.2. The van der Waals surface area contributed by atoms with E-state index in [1.165, 1.54) is 4.90 Å². The minimum Gasteiger partial charge on any atom is -0.491 e. The van der Waals surface area contributed by atoms with E-state index in [1.54, 1.807) is 38.4 Å². The quantitative estimate of drug-likeness (QED) is 0.726. The summed E-state index contributed by atoms with van der Waals surface area (Å²) in [4.78, 5) is 24.0. The van der Waals surface area contributed by atoms with E-state index < -0.39 is 5.97 Å². The third-order valence-corrected chi connectivity index (χ3v) is 2.64. The summed E-state index contributed by atoms with van der Waals surface area (Å²) < 4.78 is 10.3. The molecule has 0 bridgehead atoms. The average molecular weight is 281 g/mol. The van der Waals surface area contributed by atoms with Gasteiger partial charge < -0.3 is 19.5 Å². The highest BCUT2D eigenvalue weighted by molar-refractivity contribution is 5.94. The van der Waals surface area contributed by atoms with Gasteiger partial charge in [0.05, 0.1) is 13.0 Å². The van der Waals surface area contributed by atoms with Crippen molar-refractivity contribution >= 4 is 11.9 Å². The van der Waals surface area contributed by atoms with Crippen LogP contribution in [-0.4, -0.2) is 55.8 Å². The lowest BCUT2D eigenvalue weighted by Crippen LogP contribution is -2.29. The number of methoxy groups -OCH3 is 1. The second-order valence-electron chi connectivity index (χ2n) is 4.24. The number of carbonyl (C=O) groups excluding carboxylic acids is 1. The third-order valence-electron chi connectivity index (χ3n) is 2.64. The van der Waals surface area contributed by atoms with E-state index in [0.29, 0.717) is 24.5 Å². The molecule has 0 unspecified atom stereocenters. The molecule has 110 valence electrons. The number of amides is 1. The maximum atomic E-state index is 12.1. The van der Waals surface area contributed by atoms with Crippen LogP contribution < -0.4 is 4.74 Å². The van der Waals surface area contributed by atoms with E-state index in [0.717, 1.165) is 0 Å². The van der Waals surface area contributed by atoms with Gasteiger partial charge in [-0.25, -0.2) is 0 Å². The Morgan fingerprint density at radius 2 is 2.05 bits per heavy atom. The Kier molecular flexibility index (Phi) is 6.52. The Morgan fingerprint density at radius 1 is 1.30 bits per heavy atom. The summed E-state index contributed by atoms with van der Waals surface area (Å²) in [5, 5.41) is 8.61. The first-order chi connectivity index (χ1) is 9.54. The number of carboxylic acids is 1. The maximum Gasteiger partial charge on any atom is 0.305 e. The van der Waals surface area contributed by atoms with Crippen LogP contribution in [0.25, 0.3) is 0 Å². The molecule has 0 aliphatic carbocycles. The van der Waals surface area contributed by atoms with Crippen LogP contribution >= 0.6 is 0 Å². The van der Waals surface area contributed by atoms with Crippen LogP contribution in [0.4, 0.5) is 0 Å². The molecule has 0 radical (unpaired) electrons. The molecule has 1 rings (SSSR count). The topological polar surface area (TPSA) is 76.1 Å². The monoisotopic (exact) mass is 281 g/mol. The first-order valence-corrected chi connectivity index (χ1v) is 6.23. The second-order valence-corrected chi connectivity index (χ2v) is 4.24. The van der Waals surface area contributed by atoms with Gasteiger partial charge in [-0.1, -0.05) is 6.07 Å². The van der Waals surface area contributed by atoms with E-state index in [-0.39, 0.29) is 18.9 Å². The van der Waals surface area contributed by atoms with Crippen molar-refractivity contribution in [2.45, 2.75) is 6.42 Å². The van der Waals surface area contributed by atoms with Crippen molar-refractivity contribution in [2.24, 2.45) is 0 Å². The van der Waals surface area contributed by atoms with Crippen molar-refractivity contribution in [3.63, 3.8) is 0 Å². The van der Waals surface area contributed by atoms with Gasteiger partial charge in [-0.3, -0.25) is 9.59 Å². The van der Waals surface area contributed by atoms with Crippen molar-refractivity contribution in [3.05, 3.63) is 29.8 Å². The van der Waals surface area contributed by atoms with Gasteiger partial charge in [0.1, 0.15) is 12.4 Å². The van der Waals surface area contributed by atoms with Gasteiger partial charge in [-0.15, -0.1) is 0 Å². The largest absolute Gasteiger partial charge is 0.491 e. The van der Waals surface area contributed by atoms with Crippen LogP contribution in [0.5, 0.6) is 5.75 Å². The third kappa shape index (κ3) is 5.27. The summed E-state index contributed by atoms with van der Waals surface area (Å²) in [6, 6.07) is 6.78. The fourth-order valence-corrected chi connectivity index (χ4v) is 1.55. The minimum absolute atomic E-state index is 0.0771. The predicted octanol–water partition coefficient (Wildman–Crippen LogP) is 1.26. The van der Waals surface area contributed by atoms with Crippen molar-refractivity contribution in [3.8, 4) is 5.75 Å². The molecule has 0 spiro atoms. The van der Waals surface area contributed by atoms with E-state index in [2.05, 4.69) is 0 Å². The van der Waals surface area contributed by atoms with Crippen LogP contribution in [0.1, 0.15) is 16.8 Å². The van der Waals surface area contributed by atoms with Gasteiger partial charge >= 0.3 is 5.97 Å². The number of aliphatic carboxylic acids is 1. The van der Waals surface area contributed by atoms with Gasteiger partial charge in [0.15, 0.2) is 0 Å². The Morgan fingerprint density at radius 3 is 2.70 bits per heavy atom. The Hall–Kier alpha value is -2.08. The molecule has 1 aromatic carbocycles. The van der Waals surface area contributed by atoms with E-state index in [9.17, 15) is 9.59 Å². The summed E-state index contributed by atoms with van der Waals surface area (Å²) >= 11 is 0. The SMILES string of the molecule is COCCOc1cccc(C(=O)N(C)CCC(=O)O)c1. The highest BCUT2D eigenvalue weighted by Crippen LogP contribution is 2.14. The van der Waals surface area contributed by atoms with Crippen molar-refractivity contribution in [2.75, 3.05) is 33.9 Å². The molecule has 0 aliphatic rings. The Balaban J connectivity index is 2.63. The van der Waals surface area contributed by atoms with Gasteiger partial charge in [0.25, 0.3) is 5.91 Å². The molecule has 0 saturated carbocycles. The summed E-state index contributed by atoms with van der Waals surface area (Å²) in [6.07, 6.45) is -0.0771. The summed E-state index contributed by atoms with van der Waals surface area (Å²) in [5.41, 5.74) is 0.466. The molecule has 1 N–H and O–H groups in total. The van der Waals surface area contributed by atoms with Crippen molar-refractivity contribution < 1.29 is 24.2 Å². The summed E-state index contributed by atoms with van der Waals surface area (Å²) in [7, 11) is 3.16. The normalized spacial score (nSPS) is 10.1. The van der Waals surface area contributed by atoms with Crippen LogP contribution in [0.2, 0.25) is 0 Å². The van der Waals surface area contributed by atoms with Gasteiger partial charge in [-0.05, 0) is 18.2 Å². The molecule has 20 heavy (non-hydrogen) atoms. The molecule has 0 aliphatic heterocycles. The molecule has 6 nitrogen and oxygen atoms in total. The van der Waals surface area contributed by atoms with E-state index >= 15 is 0 Å². The van der Waals surface area contributed by atoms with Crippen LogP contribution in [-0.2, 0) is 9.53 Å². The van der Waals surface area contributed by atoms with Gasteiger partial charge in [-0.2, -0.15) is 0 Å². The standard InChI is InChI=1S/C14H19NO5/c1-15(7-6-13(16)17)14(18)11-4-3-5-12(10-11)20-9-8-19-2/h3-5,10H,6-9H2,1-2H3,(H,16,17). The molecule has 0 aromatic heterocycles. The number of ether oxygens (including phenoxy) is 2. The fourth-order valence-electron chi connectivity index (χ4n) is 1.55. The highest BCUT2D eigenvalue weighted by Gasteiger charge is 2.13. The molecule has 0 saturated heterocycles. The maximum absolute atomic E-state index is 12.1. The van der Waals surface area contributed by atoms with Crippen molar-refractivity contribution in [1.29, 1.82) is 0 Å². The zero-order valence-electron chi connectivity index (χ0n) is 11.7. The predicted molar refractivity (Wildman–Crippen MR) is 73.0 cm³/mol. The van der Waals surface area contributed by atoms with E-state index in [4.69, 9.17) is 14.6 Å². The van der Waals surface area contributed by atoms with E-state index in [1.807, 2.05) is 0 Å². The number of rotatable bonds is 8. The molecule has 1 amide bonds. The summed E-state index contributed by atoms with van der Waals surface area (Å²) in [5.74, 6) is -0.579. The van der Waals surface area contributed by atoms with Crippen LogP contribution in [0.3, 0.4) is 0 Å². The average Bonchev–Trinajstić information content (AvgIpc) is 2.44. The second kappa shape index (κ2) is 8.16.